The van der Waals surface area contributed by atoms with Crippen molar-refractivity contribution in [2.24, 2.45) is 0 Å². The van der Waals surface area contributed by atoms with Crippen LogP contribution in [0.2, 0.25) is 15.1 Å². The summed E-state index contributed by atoms with van der Waals surface area (Å²) in [6, 6.07) is 11.2. The molecule has 1 amide bonds. The number of amides is 1. The molecular formula is C24H24Cl3N3O3. The number of carbonyl (C=O) groups excluding carboxylic acids is 2. The van der Waals surface area contributed by atoms with Gasteiger partial charge in [-0.15, -0.1) is 0 Å². The molecule has 3 aromatic rings. The van der Waals surface area contributed by atoms with Crippen LogP contribution in [0.4, 0.5) is 0 Å². The lowest BCUT2D eigenvalue weighted by Gasteiger charge is -2.21. The molecule has 0 spiro atoms. The van der Waals surface area contributed by atoms with Gasteiger partial charge in [-0.05, 0) is 54.8 Å². The molecular weight excluding hydrogens is 485 g/mol. The van der Waals surface area contributed by atoms with E-state index in [0.717, 1.165) is 0 Å². The number of rotatable bonds is 8. The summed E-state index contributed by atoms with van der Waals surface area (Å²) in [6.45, 7) is 5.83. The van der Waals surface area contributed by atoms with Crippen molar-refractivity contribution in [1.29, 1.82) is 0 Å². The Labute approximate surface area is 207 Å². The molecule has 33 heavy (non-hydrogen) atoms. The maximum absolute atomic E-state index is 13.3. The summed E-state index contributed by atoms with van der Waals surface area (Å²) in [4.78, 5) is 41.1. The van der Waals surface area contributed by atoms with Crippen LogP contribution in [0.25, 0.3) is 5.69 Å². The fourth-order valence-electron chi connectivity index (χ4n) is 3.50. The summed E-state index contributed by atoms with van der Waals surface area (Å²) in [5.74, 6) is -0.866. The van der Waals surface area contributed by atoms with Crippen molar-refractivity contribution in [2.75, 3.05) is 13.1 Å². The van der Waals surface area contributed by atoms with E-state index in [1.54, 1.807) is 42.5 Å². The third-order valence-corrected chi connectivity index (χ3v) is 6.13. The van der Waals surface area contributed by atoms with Crippen molar-refractivity contribution < 1.29 is 9.59 Å². The van der Waals surface area contributed by atoms with Gasteiger partial charge in [0, 0.05) is 17.1 Å². The number of aromatic nitrogens is 2. The fourth-order valence-corrected chi connectivity index (χ4v) is 3.92. The molecule has 0 atom stereocenters. The van der Waals surface area contributed by atoms with Gasteiger partial charge in [-0.3, -0.25) is 19.5 Å². The van der Waals surface area contributed by atoms with Gasteiger partial charge in [0.1, 0.15) is 5.56 Å². The summed E-state index contributed by atoms with van der Waals surface area (Å²) in [5.41, 5.74) is 0.898. The Balaban J connectivity index is 1.98. The first-order valence-corrected chi connectivity index (χ1v) is 11.7. The Kier molecular flexibility index (Phi) is 8.05. The van der Waals surface area contributed by atoms with E-state index in [1.165, 1.54) is 9.58 Å². The van der Waals surface area contributed by atoms with E-state index in [0.29, 0.717) is 40.0 Å². The molecule has 1 aromatic heterocycles. The second-order valence-corrected chi connectivity index (χ2v) is 9.20. The third kappa shape index (κ3) is 5.52. The molecule has 6 nitrogen and oxygen atoms in total. The highest BCUT2D eigenvalue weighted by Gasteiger charge is 2.27. The van der Waals surface area contributed by atoms with Crippen molar-refractivity contribution in [3.05, 3.63) is 84.7 Å². The van der Waals surface area contributed by atoms with E-state index < -0.39 is 11.3 Å². The number of carbonyl (C=O) groups is 2. The Morgan fingerprint density at radius 3 is 2.27 bits per heavy atom. The predicted octanol–water partition coefficient (Wildman–Crippen LogP) is 5.98. The molecule has 174 valence electrons. The number of hydrogen-bond acceptors (Lipinski definition) is 3. The van der Waals surface area contributed by atoms with Crippen molar-refractivity contribution in [3.8, 4) is 5.69 Å². The Hall–Kier alpha value is -2.54. The van der Waals surface area contributed by atoms with Gasteiger partial charge in [-0.1, -0.05) is 55.6 Å². The number of nitrogens with one attached hydrogen (secondary N) is 1. The normalized spacial score (nSPS) is 11.1. The molecule has 0 aliphatic rings. The Bertz CT molecular complexity index is 1230. The van der Waals surface area contributed by atoms with Crippen molar-refractivity contribution in [3.63, 3.8) is 0 Å². The molecule has 3 rings (SSSR count). The minimum Gasteiger partial charge on any atom is -0.331 e. The highest BCUT2D eigenvalue weighted by Crippen LogP contribution is 2.25. The van der Waals surface area contributed by atoms with Crippen LogP contribution in [0, 0.1) is 0 Å². The number of halogens is 3. The van der Waals surface area contributed by atoms with Gasteiger partial charge in [0.2, 0.25) is 0 Å². The monoisotopic (exact) mass is 507 g/mol. The fraction of sp³-hybridized carbons (Fsp3) is 0.292. The second kappa shape index (κ2) is 10.6. The second-order valence-electron chi connectivity index (χ2n) is 7.95. The highest BCUT2D eigenvalue weighted by atomic mass is 35.5. The van der Waals surface area contributed by atoms with Crippen LogP contribution in [0.1, 0.15) is 59.5 Å². The van der Waals surface area contributed by atoms with E-state index in [4.69, 9.17) is 34.8 Å². The first-order valence-electron chi connectivity index (χ1n) is 10.5. The number of H-pyrrole nitrogens is 1. The van der Waals surface area contributed by atoms with Crippen LogP contribution >= 0.6 is 34.8 Å². The average Bonchev–Trinajstić information content (AvgIpc) is 3.13. The number of ketones is 1. The molecule has 0 saturated carbocycles. The third-order valence-electron chi connectivity index (χ3n) is 5.14. The van der Waals surface area contributed by atoms with Crippen LogP contribution in [0.15, 0.2) is 47.3 Å². The molecule has 1 heterocycles. The molecule has 2 aromatic carbocycles. The first kappa shape index (κ1) is 25.1. The summed E-state index contributed by atoms with van der Waals surface area (Å²) >= 11 is 18.0. The predicted molar refractivity (Wildman–Crippen MR) is 132 cm³/mol. The SMILES string of the molecule is CCCN(CC(=O)c1c(C(C)C)[nH]n(-c2ccc(Cl)c(Cl)c2)c1=O)C(=O)c1ccc(Cl)cc1. The number of nitrogens with zero attached hydrogens (tertiary/aromatic N) is 2. The quantitative estimate of drug-likeness (QED) is 0.380. The van der Waals surface area contributed by atoms with Gasteiger partial charge in [-0.25, -0.2) is 4.68 Å². The Morgan fingerprint density at radius 1 is 1.03 bits per heavy atom. The van der Waals surface area contributed by atoms with Crippen LogP contribution in [0.5, 0.6) is 0 Å². The van der Waals surface area contributed by atoms with E-state index in [9.17, 15) is 14.4 Å². The van der Waals surface area contributed by atoms with Crippen LogP contribution < -0.4 is 5.56 Å². The van der Waals surface area contributed by atoms with Gasteiger partial charge >= 0.3 is 0 Å². The Morgan fingerprint density at radius 2 is 1.70 bits per heavy atom. The van der Waals surface area contributed by atoms with Gasteiger partial charge in [0.25, 0.3) is 11.5 Å². The molecule has 1 N–H and O–H groups in total. The summed E-state index contributed by atoms with van der Waals surface area (Å²) < 4.78 is 1.27. The molecule has 0 saturated heterocycles. The van der Waals surface area contributed by atoms with E-state index in [1.807, 2.05) is 20.8 Å². The lowest BCUT2D eigenvalue weighted by Crippen LogP contribution is -2.38. The lowest BCUT2D eigenvalue weighted by molar-refractivity contribution is 0.0709. The molecule has 0 bridgehead atoms. The van der Waals surface area contributed by atoms with E-state index >= 15 is 0 Å². The van der Waals surface area contributed by atoms with Crippen LogP contribution in [0.3, 0.4) is 0 Å². The van der Waals surface area contributed by atoms with E-state index in [-0.39, 0.29) is 29.0 Å². The summed E-state index contributed by atoms with van der Waals surface area (Å²) in [6.07, 6.45) is 0.657. The zero-order valence-corrected chi connectivity index (χ0v) is 20.8. The summed E-state index contributed by atoms with van der Waals surface area (Å²) in [5, 5.41) is 4.19. The largest absolute Gasteiger partial charge is 0.331 e. The minimum absolute atomic E-state index is 0.0288. The molecule has 0 radical (unpaired) electrons. The maximum atomic E-state index is 13.3. The van der Waals surface area contributed by atoms with Crippen molar-refractivity contribution in [1.82, 2.24) is 14.7 Å². The zero-order valence-electron chi connectivity index (χ0n) is 18.5. The highest BCUT2D eigenvalue weighted by molar-refractivity contribution is 6.42. The number of benzene rings is 2. The van der Waals surface area contributed by atoms with Crippen molar-refractivity contribution >= 4 is 46.5 Å². The minimum atomic E-state index is -0.502. The lowest BCUT2D eigenvalue weighted by atomic mass is 10.0. The van der Waals surface area contributed by atoms with Gasteiger partial charge in [0.15, 0.2) is 5.78 Å². The first-order chi connectivity index (χ1) is 15.6. The molecule has 0 aliphatic heterocycles. The van der Waals surface area contributed by atoms with Gasteiger partial charge in [-0.2, -0.15) is 0 Å². The van der Waals surface area contributed by atoms with E-state index in [2.05, 4.69) is 5.10 Å². The molecule has 9 heteroatoms. The van der Waals surface area contributed by atoms with Crippen LogP contribution in [-0.4, -0.2) is 39.5 Å². The molecule has 0 aliphatic carbocycles. The van der Waals surface area contributed by atoms with Gasteiger partial charge in [0.05, 0.1) is 28.0 Å². The van der Waals surface area contributed by atoms with Crippen molar-refractivity contribution in [2.45, 2.75) is 33.1 Å². The standard InChI is InChI=1S/C24H24Cl3N3O3/c1-4-11-29(23(32)15-5-7-16(25)8-6-15)13-20(31)21-22(14(2)3)28-30(24(21)33)17-9-10-18(26)19(27)12-17/h5-10,12,14,28H,4,11,13H2,1-3H3. The van der Waals surface area contributed by atoms with Crippen LogP contribution in [-0.2, 0) is 0 Å². The average molecular weight is 509 g/mol. The zero-order chi connectivity index (χ0) is 24.3. The number of hydrogen-bond donors (Lipinski definition) is 1. The van der Waals surface area contributed by atoms with Gasteiger partial charge < -0.3 is 4.90 Å². The smallest absolute Gasteiger partial charge is 0.282 e. The summed E-state index contributed by atoms with van der Waals surface area (Å²) in [7, 11) is 0. The number of aromatic amines is 1. The maximum Gasteiger partial charge on any atom is 0.282 e. The molecule has 0 unspecified atom stereocenters. The topological polar surface area (TPSA) is 75.2 Å². The number of Topliss-reactive ketones (excluding diaryl/α,β-unsaturated/α-hetero) is 1. The molecule has 0 fully saturated rings.